The number of rotatable bonds is 6. The Labute approximate surface area is 149 Å². The van der Waals surface area contributed by atoms with Crippen LogP contribution < -0.4 is 4.31 Å². The molecule has 0 heterocycles. The third kappa shape index (κ3) is 4.13. The summed E-state index contributed by atoms with van der Waals surface area (Å²) in [7, 11) is -3.59. The predicted molar refractivity (Wildman–Crippen MR) is 95.5 cm³/mol. The van der Waals surface area contributed by atoms with Gasteiger partial charge in [0.05, 0.1) is 23.6 Å². The van der Waals surface area contributed by atoms with Gasteiger partial charge in [0, 0.05) is 12.1 Å². The molecule has 0 aliphatic heterocycles. The van der Waals surface area contributed by atoms with Crippen molar-refractivity contribution >= 4 is 21.6 Å². The summed E-state index contributed by atoms with van der Waals surface area (Å²) in [6.45, 7) is -0.183. The third-order valence-corrected chi connectivity index (χ3v) is 6.05. The minimum Gasteiger partial charge on any atom is -0.335 e. The minimum absolute atomic E-state index is 0.121. The highest BCUT2D eigenvalue weighted by molar-refractivity contribution is 7.92. The molecule has 2 fully saturated rings. The van der Waals surface area contributed by atoms with Crippen LogP contribution in [0, 0.1) is 11.3 Å². The number of nitrogens with zero attached hydrogens (tertiary/aromatic N) is 3. The molecule has 25 heavy (non-hydrogen) atoms. The first-order valence-corrected chi connectivity index (χ1v) is 10.5. The lowest BCUT2D eigenvalue weighted by Gasteiger charge is -2.32. The summed E-state index contributed by atoms with van der Waals surface area (Å²) in [5, 5.41) is 8.89. The summed E-state index contributed by atoms with van der Waals surface area (Å²) < 4.78 is 25.6. The Morgan fingerprint density at radius 3 is 2.16 bits per heavy atom. The van der Waals surface area contributed by atoms with E-state index in [9.17, 15) is 13.2 Å². The van der Waals surface area contributed by atoms with Crippen molar-refractivity contribution in [3.05, 3.63) is 29.8 Å². The van der Waals surface area contributed by atoms with Crippen LogP contribution in [0.1, 0.15) is 44.1 Å². The van der Waals surface area contributed by atoms with Crippen molar-refractivity contribution in [3.8, 4) is 6.07 Å². The van der Waals surface area contributed by atoms with Crippen LogP contribution in [-0.2, 0) is 14.8 Å². The number of amides is 1. The van der Waals surface area contributed by atoms with Gasteiger partial charge in [-0.05, 0) is 49.9 Å². The lowest BCUT2D eigenvalue weighted by Crippen LogP contribution is -2.47. The molecule has 2 saturated carbocycles. The summed E-state index contributed by atoms with van der Waals surface area (Å²) in [6.07, 6.45) is 7.42. The number of nitriles is 1. The van der Waals surface area contributed by atoms with E-state index in [0.717, 1.165) is 49.1 Å². The van der Waals surface area contributed by atoms with E-state index in [1.54, 1.807) is 24.3 Å². The number of carbonyl (C=O) groups is 1. The van der Waals surface area contributed by atoms with Crippen LogP contribution in [0.3, 0.4) is 0 Å². The molecular weight excluding hydrogens is 338 g/mol. The fourth-order valence-electron chi connectivity index (χ4n) is 3.55. The fraction of sp³-hybridized carbons (Fsp3) is 0.556. The van der Waals surface area contributed by atoms with E-state index in [0.29, 0.717) is 11.3 Å². The van der Waals surface area contributed by atoms with Gasteiger partial charge in [0.2, 0.25) is 15.9 Å². The maximum atomic E-state index is 12.9. The van der Waals surface area contributed by atoms with Gasteiger partial charge in [0.25, 0.3) is 0 Å². The second-order valence-electron chi connectivity index (χ2n) is 6.90. The highest BCUT2D eigenvalue weighted by Crippen LogP contribution is 2.35. The average Bonchev–Trinajstić information content (AvgIpc) is 3.26. The molecule has 1 aromatic carbocycles. The number of carbonyl (C=O) groups excluding carboxylic acids is 1. The lowest BCUT2D eigenvalue weighted by atomic mass is 10.2. The normalized spacial score (nSPS) is 17.9. The lowest BCUT2D eigenvalue weighted by molar-refractivity contribution is -0.132. The maximum Gasteiger partial charge on any atom is 0.243 e. The summed E-state index contributed by atoms with van der Waals surface area (Å²) >= 11 is 0. The van der Waals surface area contributed by atoms with Crippen molar-refractivity contribution in [2.45, 2.75) is 50.6 Å². The average molecular weight is 361 g/mol. The summed E-state index contributed by atoms with van der Waals surface area (Å²) in [5.41, 5.74) is 0.867. The molecular formula is C18H23N3O3S. The Bertz CT molecular complexity index is 773. The molecule has 2 aliphatic carbocycles. The molecule has 0 aromatic heterocycles. The predicted octanol–water partition coefficient (Wildman–Crippen LogP) is 2.26. The first-order chi connectivity index (χ1) is 11.9. The van der Waals surface area contributed by atoms with Gasteiger partial charge in [-0.1, -0.05) is 12.8 Å². The van der Waals surface area contributed by atoms with Crippen molar-refractivity contribution in [1.29, 1.82) is 5.26 Å². The Hall–Kier alpha value is -2.07. The SMILES string of the molecule is CS(=O)(=O)N(CC(=O)N(C1CCCC1)C1CC1)c1ccc(C#N)cc1. The molecule has 3 rings (SSSR count). The van der Waals surface area contributed by atoms with E-state index in [4.69, 9.17) is 5.26 Å². The molecule has 134 valence electrons. The molecule has 0 N–H and O–H groups in total. The van der Waals surface area contributed by atoms with E-state index in [-0.39, 0.29) is 24.5 Å². The molecule has 0 bridgehead atoms. The van der Waals surface area contributed by atoms with Crippen LogP contribution in [0.2, 0.25) is 0 Å². The topological polar surface area (TPSA) is 81.5 Å². The van der Waals surface area contributed by atoms with Gasteiger partial charge >= 0.3 is 0 Å². The quantitative estimate of drug-likeness (QED) is 0.778. The van der Waals surface area contributed by atoms with Crippen LogP contribution in [0.15, 0.2) is 24.3 Å². The number of hydrogen-bond acceptors (Lipinski definition) is 4. The standard InChI is InChI=1S/C18H23N3O3S/c1-25(23,24)20(15-8-6-14(12-19)7-9-15)13-18(22)21(17-10-11-17)16-4-2-3-5-16/h6-9,16-17H,2-5,10-11,13H2,1H3. The van der Waals surface area contributed by atoms with Gasteiger partial charge in [-0.2, -0.15) is 5.26 Å². The Morgan fingerprint density at radius 2 is 1.68 bits per heavy atom. The highest BCUT2D eigenvalue weighted by Gasteiger charge is 2.39. The fourth-order valence-corrected chi connectivity index (χ4v) is 4.40. The van der Waals surface area contributed by atoms with E-state index in [1.165, 1.54) is 0 Å². The molecule has 0 saturated heterocycles. The summed E-state index contributed by atoms with van der Waals surface area (Å²) in [4.78, 5) is 14.9. The van der Waals surface area contributed by atoms with Crippen LogP contribution in [0.4, 0.5) is 5.69 Å². The number of anilines is 1. The smallest absolute Gasteiger partial charge is 0.243 e. The zero-order valence-electron chi connectivity index (χ0n) is 14.4. The highest BCUT2D eigenvalue weighted by atomic mass is 32.2. The van der Waals surface area contributed by atoms with Crippen molar-refractivity contribution in [1.82, 2.24) is 4.90 Å². The monoisotopic (exact) mass is 361 g/mol. The summed E-state index contributed by atoms with van der Waals surface area (Å²) in [6, 6.07) is 8.81. The molecule has 2 aliphatic rings. The Balaban J connectivity index is 1.81. The number of hydrogen-bond donors (Lipinski definition) is 0. The van der Waals surface area contributed by atoms with Crippen LogP contribution >= 0.6 is 0 Å². The van der Waals surface area contributed by atoms with Crippen molar-refractivity contribution in [3.63, 3.8) is 0 Å². The molecule has 0 spiro atoms. The molecule has 1 aromatic rings. The van der Waals surface area contributed by atoms with Gasteiger partial charge in [0.1, 0.15) is 6.54 Å². The van der Waals surface area contributed by atoms with E-state index >= 15 is 0 Å². The second-order valence-corrected chi connectivity index (χ2v) is 8.81. The van der Waals surface area contributed by atoms with Gasteiger partial charge < -0.3 is 4.90 Å². The third-order valence-electron chi connectivity index (χ3n) is 4.91. The zero-order chi connectivity index (χ0) is 18.0. The minimum atomic E-state index is -3.59. The first-order valence-electron chi connectivity index (χ1n) is 8.69. The zero-order valence-corrected chi connectivity index (χ0v) is 15.2. The summed E-state index contributed by atoms with van der Waals surface area (Å²) in [5.74, 6) is -0.121. The van der Waals surface area contributed by atoms with E-state index in [1.807, 2.05) is 11.0 Å². The van der Waals surface area contributed by atoms with Crippen molar-refractivity contribution in [2.75, 3.05) is 17.1 Å². The van der Waals surface area contributed by atoms with Crippen LogP contribution in [0.5, 0.6) is 0 Å². The van der Waals surface area contributed by atoms with E-state index in [2.05, 4.69) is 0 Å². The van der Waals surface area contributed by atoms with Gasteiger partial charge in [-0.15, -0.1) is 0 Å². The second kappa shape index (κ2) is 7.04. The van der Waals surface area contributed by atoms with E-state index < -0.39 is 10.0 Å². The molecule has 6 nitrogen and oxygen atoms in total. The number of benzene rings is 1. The molecule has 7 heteroatoms. The Kier molecular flexibility index (Phi) is 5.00. The van der Waals surface area contributed by atoms with Crippen LogP contribution in [-0.4, -0.2) is 44.1 Å². The molecule has 1 amide bonds. The van der Waals surface area contributed by atoms with Gasteiger partial charge in [-0.25, -0.2) is 8.42 Å². The maximum absolute atomic E-state index is 12.9. The molecule has 0 atom stereocenters. The van der Waals surface area contributed by atoms with Crippen molar-refractivity contribution < 1.29 is 13.2 Å². The van der Waals surface area contributed by atoms with Gasteiger partial charge in [0.15, 0.2) is 0 Å². The van der Waals surface area contributed by atoms with Crippen molar-refractivity contribution in [2.24, 2.45) is 0 Å². The van der Waals surface area contributed by atoms with Gasteiger partial charge in [-0.3, -0.25) is 9.10 Å². The molecule has 0 radical (unpaired) electrons. The molecule has 0 unspecified atom stereocenters. The largest absolute Gasteiger partial charge is 0.335 e. The number of sulfonamides is 1. The van der Waals surface area contributed by atoms with Crippen LogP contribution in [0.25, 0.3) is 0 Å². The first kappa shape index (κ1) is 17.7. The Morgan fingerprint density at radius 1 is 1.12 bits per heavy atom.